The first-order valence-electron chi connectivity index (χ1n) is 15.5. The summed E-state index contributed by atoms with van der Waals surface area (Å²) >= 11 is 3.20. The summed E-state index contributed by atoms with van der Waals surface area (Å²) in [5.74, 6) is 0.574. The third-order valence-corrected chi connectivity index (χ3v) is 8.96. The molecule has 0 atom stereocenters. The maximum atomic E-state index is 9.69. The van der Waals surface area contributed by atoms with E-state index in [2.05, 4.69) is 65.4 Å². The van der Waals surface area contributed by atoms with E-state index >= 15 is 0 Å². The van der Waals surface area contributed by atoms with E-state index in [1.165, 1.54) is 5.39 Å². The Morgan fingerprint density at radius 3 is 1.73 bits per heavy atom. The van der Waals surface area contributed by atoms with Crippen molar-refractivity contribution in [3.8, 4) is 22.8 Å². The maximum Gasteiger partial charge on any atom is 0.494 e. The summed E-state index contributed by atoms with van der Waals surface area (Å²) in [5.41, 5.74) is 7.44. The van der Waals surface area contributed by atoms with Crippen LogP contribution >= 0.6 is 15.9 Å². The minimum atomic E-state index is -0.258. The molecule has 4 aromatic heterocycles. The summed E-state index contributed by atoms with van der Waals surface area (Å²) in [4.78, 5) is 8.31. The van der Waals surface area contributed by atoms with Crippen LogP contribution in [0, 0.1) is 0 Å². The summed E-state index contributed by atoms with van der Waals surface area (Å²) in [6.45, 7) is 1.29. The molecule has 2 N–H and O–H groups in total. The van der Waals surface area contributed by atoms with Crippen LogP contribution < -0.4 is 5.46 Å². The number of aryl methyl sites for hydroxylation is 2. The molecule has 1 aliphatic heterocycles. The second-order valence-corrected chi connectivity index (χ2v) is 12.3. The molecule has 8 aromatic rings. The summed E-state index contributed by atoms with van der Waals surface area (Å²) in [6, 6.07) is 35.2. The minimum Gasteiger partial charge on any atom is -0.508 e. The molecule has 48 heavy (non-hydrogen) atoms. The van der Waals surface area contributed by atoms with Gasteiger partial charge in [-0.15, -0.1) is 0 Å². The molecule has 8 nitrogen and oxygen atoms in total. The molecule has 1 aliphatic rings. The van der Waals surface area contributed by atoms with Crippen LogP contribution in [0.1, 0.15) is 0 Å². The highest BCUT2D eigenvalue weighted by atomic mass is 79.9. The number of phenols is 2. The van der Waals surface area contributed by atoms with Gasteiger partial charge in [0, 0.05) is 76.8 Å². The van der Waals surface area contributed by atoms with Gasteiger partial charge in [0.05, 0.1) is 29.9 Å². The van der Waals surface area contributed by atoms with Crippen molar-refractivity contribution in [2.45, 2.75) is 0 Å². The van der Waals surface area contributed by atoms with E-state index in [1.54, 1.807) is 36.7 Å². The lowest BCUT2D eigenvalue weighted by atomic mass is 9.79. The molecule has 0 saturated carbocycles. The van der Waals surface area contributed by atoms with Crippen LogP contribution in [0.15, 0.2) is 126 Å². The molecule has 10 heteroatoms. The minimum absolute atomic E-state index is 0.258. The Morgan fingerprint density at radius 1 is 0.604 bits per heavy atom. The first-order chi connectivity index (χ1) is 23.4. The number of fused-ring (bicyclic) bond motifs is 6. The van der Waals surface area contributed by atoms with Crippen LogP contribution in [0.5, 0.6) is 11.5 Å². The summed E-state index contributed by atoms with van der Waals surface area (Å²) in [6.07, 6.45) is 3.55. The predicted molar refractivity (Wildman–Crippen MR) is 197 cm³/mol. The molecule has 1 saturated heterocycles. The zero-order valence-corrected chi connectivity index (χ0v) is 28.0. The van der Waals surface area contributed by atoms with Gasteiger partial charge >= 0.3 is 7.12 Å². The van der Waals surface area contributed by atoms with Crippen molar-refractivity contribution >= 4 is 72.1 Å². The molecule has 0 unspecified atom stereocenters. The highest BCUT2D eigenvalue weighted by molar-refractivity contribution is 9.10. The molecule has 1 fully saturated rings. The van der Waals surface area contributed by atoms with Gasteiger partial charge < -0.3 is 28.7 Å². The molecule has 0 radical (unpaired) electrons. The molecule has 9 rings (SSSR count). The van der Waals surface area contributed by atoms with Crippen molar-refractivity contribution in [3.05, 3.63) is 126 Å². The number of rotatable bonds is 2. The number of aromatic hydroxyl groups is 2. The molecular weight excluding hydrogens is 667 g/mol. The largest absolute Gasteiger partial charge is 0.508 e. The summed E-state index contributed by atoms with van der Waals surface area (Å²) in [7, 11) is 3.77. The van der Waals surface area contributed by atoms with E-state index < -0.39 is 0 Å². The topological polar surface area (TPSA) is 94.6 Å². The van der Waals surface area contributed by atoms with Gasteiger partial charge in [0.25, 0.3) is 0 Å². The summed E-state index contributed by atoms with van der Waals surface area (Å²) in [5, 5.41) is 23.9. The number of hydrogen-bond acceptors (Lipinski definition) is 6. The standard InChI is InChI=1S/C18H14N2O.C15H14BNO3.C5H4BrN/c1-20-17-8-5-12(16-4-2-3-9-19-16)10-15(17)14-7-6-13(21)11-18(14)20;1-17-14-5-2-10(16-19-6-7-20-16)8-13(14)12-4-3-11(18)9-15(12)17;6-5-3-1-2-4-7-5/h2-11,21H,1H3;2-5,8-9,18H,6-7H2,1H3;1-4H. The Labute approximate surface area is 286 Å². The Morgan fingerprint density at radius 2 is 1.19 bits per heavy atom. The lowest BCUT2D eigenvalue weighted by molar-refractivity contribution is 0.365. The van der Waals surface area contributed by atoms with Gasteiger partial charge in [-0.25, -0.2) is 4.98 Å². The van der Waals surface area contributed by atoms with E-state index in [1.807, 2.05) is 68.7 Å². The van der Waals surface area contributed by atoms with Gasteiger partial charge in [-0.1, -0.05) is 30.3 Å². The van der Waals surface area contributed by atoms with Gasteiger partial charge in [-0.3, -0.25) is 4.98 Å². The van der Waals surface area contributed by atoms with Crippen molar-refractivity contribution in [1.29, 1.82) is 0 Å². The third kappa shape index (κ3) is 6.25. The van der Waals surface area contributed by atoms with Crippen LogP contribution in [0.4, 0.5) is 0 Å². The van der Waals surface area contributed by atoms with Crippen LogP contribution in [-0.2, 0) is 23.4 Å². The first-order valence-corrected chi connectivity index (χ1v) is 16.3. The number of aromatic nitrogens is 4. The number of phenolic OH excluding ortho intramolecular Hbond substituents is 2. The highest BCUT2D eigenvalue weighted by Crippen LogP contribution is 2.33. The number of hydrogen-bond donors (Lipinski definition) is 2. The molecule has 5 heterocycles. The molecule has 4 aromatic carbocycles. The van der Waals surface area contributed by atoms with Crippen LogP contribution in [0.25, 0.3) is 54.9 Å². The van der Waals surface area contributed by atoms with E-state index in [-0.39, 0.29) is 12.9 Å². The predicted octanol–water partition coefficient (Wildman–Crippen LogP) is 7.72. The Kier molecular flexibility index (Phi) is 8.86. The average Bonchev–Trinajstić information content (AvgIpc) is 3.82. The first kappa shape index (κ1) is 31.4. The van der Waals surface area contributed by atoms with Crippen LogP contribution in [0.2, 0.25) is 0 Å². The number of nitrogens with zero attached hydrogens (tertiary/aromatic N) is 4. The third-order valence-electron chi connectivity index (χ3n) is 8.49. The van der Waals surface area contributed by atoms with Crippen molar-refractivity contribution < 1.29 is 19.5 Å². The molecule has 0 spiro atoms. The quantitative estimate of drug-likeness (QED) is 0.142. The lowest BCUT2D eigenvalue weighted by Crippen LogP contribution is -2.31. The fourth-order valence-corrected chi connectivity index (χ4v) is 6.42. The molecular formula is C38H32BBrN4O4. The fourth-order valence-electron chi connectivity index (χ4n) is 6.15. The monoisotopic (exact) mass is 698 g/mol. The smallest absolute Gasteiger partial charge is 0.494 e. The van der Waals surface area contributed by atoms with E-state index in [4.69, 9.17) is 9.31 Å². The van der Waals surface area contributed by atoms with E-state index in [9.17, 15) is 10.2 Å². The fraction of sp³-hybridized carbons (Fsp3) is 0.105. The van der Waals surface area contributed by atoms with Gasteiger partial charge in [-0.2, -0.15) is 0 Å². The second kappa shape index (κ2) is 13.5. The second-order valence-electron chi connectivity index (χ2n) is 11.5. The van der Waals surface area contributed by atoms with Crippen molar-refractivity contribution in [3.63, 3.8) is 0 Å². The van der Waals surface area contributed by atoms with E-state index in [0.29, 0.717) is 19.0 Å². The molecule has 0 aliphatic carbocycles. The van der Waals surface area contributed by atoms with Crippen LogP contribution in [-0.4, -0.2) is 49.6 Å². The molecule has 0 bridgehead atoms. The lowest BCUT2D eigenvalue weighted by Gasteiger charge is -2.04. The number of halogens is 1. The SMILES string of the molecule is Brc1ccccn1.Cn1c2ccc(-c3ccccn3)cc2c2ccc(O)cc21.Cn1c2ccc(B3OCCO3)cc2c2ccc(O)cc21. The van der Waals surface area contributed by atoms with Gasteiger partial charge in [0.1, 0.15) is 16.1 Å². The Balaban J connectivity index is 0.000000127. The Hall–Kier alpha value is -5.16. The van der Waals surface area contributed by atoms with E-state index in [0.717, 1.165) is 59.5 Å². The Bertz CT molecular complexity index is 2370. The average molecular weight is 699 g/mol. The zero-order chi connectivity index (χ0) is 33.2. The number of benzene rings is 4. The highest BCUT2D eigenvalue weighted by Gasteiger charge is 2.26. The van der Waals surface area contributed by atoms with Crippen molar-refractivity contribution in [2.75, 3.05) is 13.2 Å². The zero-order valence-electron chi connectivity index (χ0n) is 26.4. The van der Waals surface area contributed by atoms with Crippen LogP contribution in [0.3, 0.4) is 0 Å². The van der Waals surface area contributed by atoms with Gasteiger partial charge in [0.2, 0.25) is 0 Å². The van der Waals surface area contributed by atoms with Crippen molar-refractivity contribution in [2.24, 2.45) is 14.1 Å². The van der Waals surface area contributed by atoms with Gasteiger partial charge in [0.15, 0.2) is 0 Å². The molecule has 0 amide bonds. The normalized spacial score (nSPS) is 12.7. The summed E-state index contributed by atoms with van der Waals surface area (Å²) < 4.78 is 16.2. The van der Waals surface area contributed by atoms with Crippen molar-refractivity contribution in [1.82, 2.24) is 19.1 Å². The maximum absolute atomic E-state index is 9.69. The molecule has 238 valence electrons. The number of pyridine rings is 2. The van der Waals surface area contributed by atoms with Gasteiger partial charge in [-0.05, 0) is 88.1 Å².